The maximum Gasteiger partial charge on any atom is 0.124 e. The number of benzene rings is 2. The fourth-order valence-electron chi connectivity index (χ4n) is 3.96. The van der Waals surface area contributed by atoms with Gasteiger partial charge in [-0.3, -0.25) is 4.98 Å². The van der Waals surface area contributed by atoms with Gasteiger partial charge in [-0.2, -0.15) is 0 Å². The second-order valence-corrected chi connectivity index (χ2v) is 7.79. The number of nitrogens with zero attached hydrogens (tertiary/aromatic N) is 2. The molecule has 2 N–H and O–H groups in total. The average Bonchev–Trinajstić information content (AvgIpc) is 2.68. The molecular formula is C24H26FN3. The van der Waals surface area contributed by atoms with E-state index < -0.39 is 0 Å². The third-order valence-electron chi connectivity index (χ3n) is 5.49. The van der Waals surface area contributed by atoms with Crippen LogP contribution in [-0.2, 0) is 0 Å². The van der Waals surface area contributed by atoms with Crippen LogP contribution in [0.4, 0.5) is 10.1 Å². The highest BCUT2D eigenvalue weighted by atomic mass is 19.1. The summed E-state index contributed by atoms with van der Waals surface area (Å²) in [6.45, 7) is 5.79. The van der Waals surface area contributed by atoms with Gasteiger partial charge in [-0.1, -0.05) is 35.9 Å². The van der Waals surface area contributed by atoms with Crippen molar-refractivity contribution in [1.29, 1.82) is 0 Å². The van der Waals surface area contributed by atoms with Crippen LogP contribution in [-0.4, -0.2) is 24.1 Å². The Bertz CT molecular complexity index is 953. The molecule has 1 aliphatic heterocycles. The first-order valence-corrected chi connectivity index (χ1v) is 9.84. The van der Waals surface area contributed by atoms with Crippen LogP contribution in [0.1, 0.15) is 24.0 Å². The van der Waals surface area contributed by atoms with Crippen LogP contribution >= 0.6 is 0 Å². The normalized spacial score (nSPS) is 15.1. The lowest BCUT2D eigenvalue weighted by Gasteiger charge is -2.35. The van der Waals surface area contributed by atoms with E-state index in [1.165, 1.54) is 5.56 Å². The smallest absolute Gasteiger partial charge is 0.124 e. The number of anilines is 1. The molecule has 0 unspecified atom stereocenters. The van der Waals surface area contributed by atoms with Crippen molar-refractivity contribution in [3.8, 4) is 22.3 Å². The van der Waals surface area contributed by atoms with Crippen molar-refractivity contribution in [2.24, 2.45) is 5.73 Å². The summed E-state index contributed by atoms with van der Waals surface area (Å²) in [5.41, 5.74) is 13.4. The molecule has 1 fully saturated rings. The van der Waals surface area contributed by atoms with Gasteiger partial charge >= 0.3 is 0 Å². The first-order valence-electron chi connectivity index (χ1n) is 9.84. The van der Waals surface area contributed by atoms with E-state index in [2.05, 4.69) is 41.1 Å². The molecule has 4 heteroatoms. The van der Waals surface area contributed by atoms with Gasteiger partial charge in [-0.05, 0) is 55.5 Å². The van der Waals surface area contributed by atoms with Crippen molar-refractivity contribution >= 4 is 5.69 Å². The molecule has 144 valence electrons. The third-order valence-corrected chi connectivity index (χ3v) is 5.49. The van der Waals surface area contributed by atoms with Gasteiger partial charge in [-0.15, -0.1) is 0 Å². The van der Waals surface area contributed by atoms with Gasteiger partial charge in [0.2, 0.25) is 0 Å². The molecule has 0 aliphatic carbocycles. The van der Waals surface area contributed by atoms with Crippen LogP contribution in [0.15, 0.2) is 54.9 Å². The summed E-state index contributed by atoms with van der Waals surface area (Å²) >= 11 is 0. The van der Waals surface area contributed by atoms with E-state index in [0.29, 0.717) is 0 Å². The number of piperidine rings is 1. The Balaban J connectivity index is 1.90. The highest BCUT2D eigenvalue weighted by molar-refractivity contribution is 5.90. The van der Waals surface area contributed by atoms with Crippen LogP contribution in [0.25, 0.3) is 22.3 Å². The number of rotatable bonds is 3. The Hall–Kier alpha value is -2.72. The lowest BCUT2D eigenvalue weighted by atomic mass is 9.94. The molecule has 3 nitrogen and oxygen atoms in total. The zero-order valence-electron chi connectivity index (χ0n) is 16.5. The lowest BCUT2D eigenvalue weighted by Crippen LogP contribution is -2.40. The maximum absolute atomic E-state index is 14.2. The SMILES string of the molecule is Cc1ccc(-c2cncc(-c3cc(C)cc(F)c3)c2N2CCC(N)CC2)cc1. The van der Waals surface area contributed by atoms with Crippen molar-refractivity contribution in [3.63, 3.8) is 0 Å². The van der Waals surface area contributed by atoms with Gasteiger partial charge in [0.1, 0.15) is 5.82 Å². The lowest BCUT2D eigenvalue weighted by molar-refractivity contribution is 0.501. The predicted molar refractivity (Wildman–Crippen MR) is 114 cm³/mol. The minimum absolute atomic E-state index is 0.220. The van der Waals surface area contributed by atoms with Gasteiger partial charge in [0, 0.05) is 42.7 Å². The number of nitrogens with two attached hydrogens (primary N) is 1. The van der Waals surface area contributed by atoms with Crippen LogP contribution in [0.5, 0.6) is 0 Å². The van der Waals surface area contributed by atoms with Crippen LogP contribution in [0.3, 0.4) is 0 Å². The zero-order chi connectivity index (χ0) is 19.7. The number of halogens is 1. The standard InChI is InChI=1S/C24H26FN3/c1-16-3-5-18(6-4-16)22-14-27-15-23(19-11-17(2)12-20(25)13-19)24(22)28-9-7-21(26)8-10-28/h3-6,11-15,21H,7-10,26H2,1-2H3. The summed E-state index contributed by atoms with van der Waals surface area (Å²) in [6, 6.07) is 13.9. The largest absolute Gasteiger partial charge is 0.370 e. The monoisotopic (exact) mass is 375 g/mol. The topological polar surface area (TPSA) is 42.2 Å². The summed E-state index contributed by atoms with van der Waals surface area (Å²) in [5.74, 6) is -0.220. The molecule has 0 spiro atoms. The van der Waals surface area contributed by atoms with E-state index in [1.807, 2.05) is 25.4 Å². The summed E-state index contributed by atoms with van der Waals surface area (Å²) < 4.78 is 14.2. The Kier molecular flexibility index (Phi) is 5.14. The molecule has 0 bridgehead atoms. The second kappa shape index (κ2) is 7.72. The molecule has 2 aromatic carbocycles. The number of aryl methyl sites for hydroxylation is 2. The summed E-state index contributed by atoms with van der Waals surface area (Å²) in [6.07, 6.45) is 5.69. The number of pyridine rings is 1. The maximum atomic E-state index is 14.2. The van der Waals surface area contributed by atoms with E-state index in [-0.39, 0.29) is 11.9 Å². The van der Waals surface area contributed by atoms with Crippen molar-refractivity contribution in [2.45, 2.75) is 32.7 Å². The fraction of sp³-hybridized carbons (Fsp3) is 0.292. The molecule has 1 aromatic heterocycles. The Labute approximate surface area is 166 Å². The van der Waals surface area contributed by atoms with Crippen molar-refractivity contribution in [1.82, 2.24) is 4.98 Å². The zero-order valence-corrected chi connectivity index (χ0v) is 16.5. The first-order chi connectivity index (χ1) is 13.5. The summed E-state index contributed by atoms with van der Waals surface area (Å²) in [4.78, 5) is 6.90. The molecular weight excluding hydrogens is 349 g/mol. The van der Waals surface area contributed by atoms with Gasteiger partial charge in [-0.25, -0.2) is 4.39 Å². The summed E-state index contributed by atoms with van der Waals surface area (Å²) in [5, 5.41) is 0. The molecule has 4 rings (SSSR count). The number of hydrogen-bond donors (Lipinski definition) is 1. The highest BCUT2D eigenvalue weighted by Crippen LogP contribution is 2.40. The van der Waals surface area contributed by atoms with E-state index in [4.69, 9.17) is 5.73 Å². The average molecular weight is 375 g/mol. The predicted octanol–water partition coefficient (Wildman–Crippen LogP) is 5.10. The van der Waals surface area contributed by atoms with Gasteiger partial charge in [0.15, 0.2) is 0 Å². The molecule has 0 saturated carbocycles. The molecule has 1 saturated heterocycles. The van der Waals surface area contributed by atoms with Gasteiger partial charge < -0.3 is 10.6 Å². The minimum atomic E-state index is -0.220. The molecule has 1 aliphatic rings. The minimum Gasteiger partial charge on any atom is -0.370 e. The van der Waals surface area contributed by atoms with Crippen LogP contribution < -0.4 is 10.6 Å². The van der Waals surface area contributed by atoms with Crippen molar-refractivity contribution in [3.05, 3.63) is 71.8 Å². The number of aromatic nitrogens is 1. The second-order valence-electron chi connectivity index (χ2n) is 7.79. The first kappa shape index (κ1) is 18.6. The number of hydrogen-bond acceptors (Lipinski definition) is 3. The molecule has 0 radical (unpaired) electrons. The summed E-state index contributed by atoms with van der Waals surface area (Å²) in [7, 11) is 0. The third kappa shape index (κ3) is 3.78. The van der Waals surface area contributed by atoms with Crippen molar-refractivity contribution in [2.75, 3.05) is 18.0 Å². The van der Waals surface area contributed by atoms with E-state index in [9.17, 15) is 4.39 Å². The van der Waals surface area contributed by atoms with Crippen LogP contribution in [0, 0.1) is 19.7 Å². The molecule has 3 aromatic rings. The Morgan fingerprint density at radius 1 is 0.893 bits per heavy atom. The molecule has 28 heavy (non-hydrogen) atoms. The van der Waals surface area contributed by atoms with E-state index in [1.54, 1.807) is 12.1 Å². The Morgan fingerprint density at radius 3 is 2.18 bits per heavy atom. The quantitative estimate of drug-likeness (QED) is 0.693. The van der Waals surface area contributed by atoms with E-state index in [0.717, 1.165) is 59.4 Å². The van der Waals surface area contributed by atoms with Crippen LogP contribution in [0.2, 0.25) is 0 Å². The molecule has 0 amide bonds. The Morgan fingerprint density at radius 2 is 1.54 bits per heavy atom. The van der Waals surface area contributed by atoms with E-state index >= 15 is 0 Å². The fourth-order valence-corrected chi connectivity index (χ4v) is 3.96. The molecule has 0 atom stereocenters. The van der Waals surface area contributed by atoms with Gasteiger partial charge in [0.25, 0.3) is 0 Å². The highest BCUT2D eigenvalue weighted by Gasteiger charge is 2.23. The van der Waals surface area contributed by atoms with Crippen molar-refractivity contribution < 1.29 is 4.39 Å². The molecule has 2 heterocycles. The van der Waals surface area contributed by atoms with Gasteiger partial charge in [0.05, 0.1) is 5.69 Å².